The Hall–Kier alpha value is -2.01. The van der Waals surface area contributed by atoms with E-state index in [1.54, 1.807) is 20.3 Å². The Morgan fingerprint density at radius 1 is 1.24 bits per heavy atom. The van der Waals surface area contributed by atoms with Gasteiger partial charge in [0.05, 0.1) is 7.11 Å². The van der Waals surface area contributed by atoms with Gasteiger partial charge in [0, 0.05) is 18.7 Å². The van der Waals surface area contributed by atoms with Gasteiger partial charge in [-0.1, -0.05) is 30.3 Å². The average Bonchev–Trinajstić information content (AvgIpc) is 2.39. The van der Waals surface area contributed by atoms with E-state index in [1.165, 1.54) is 0 Å². The van der Waals surface area contributed by atoms with Crippen LogP contribution >= 0.6 is 0 Å². The van der Waals surface area contributed by atoms with Crippen LogP contribution in [0.4, 0.5) is 0 Å². The third kappa shape index (κ3) is 2.09. The van der Waals surface area contributed by atoms with E-state index in [9.17, 15) is 0 Å². The van der Waals surface area contributed by atoms with Crippen molar-refractivity contribution in [2.24, 2.45) is 10.7 Å². The highest BCUT2D eigenvalue weighted by Crippen LogP contribution is 2.27. The van der Waals surface area contributed by atoms with Crippen LogP contribution in [0.15, 0.2) is 47.3 Å². The number of methoxy groups -OCH3 is 2. The fraction of sp³-hybridized carbons (Fsp3) is 0.250. The van der Waals surface area contributed by atoms with Gasteiger partial charge in [-0.05, 0) is 0 Å². The summed E-state index contributed by atoms with van der Waals surface area (Å²) in [7, 11) is 3.12. The minimum Gasteiger partial charge on any atom is -0.482 e. The Kier molecular flexibility index (Phi) is 3.01. The zero-order valence-corrected chi connectivity index (χ0v) is 9.81. The molecule has 1 heterocycles. The first-order chi connectivity index (χ1) is 8.20. The first kappa shape index (κ1) is 11.5. The van der Waals surface area contributed by atoms with E-state index in [2.05, 4.69) is 10.3 Å². The van der Waals surface area contributed by atoms with Crippen molar-refractivity contribution in [3.63, 3.8) is 0 Å². The lowest BCUT2D eigenvalue weighted by molar-refractivity contribution is -0.0431. The molecule has 5 nitrogen and oxygen atoms in total. The number of nitrogens with one attached hydrogen (secondary N) is 1. The van der Waals surface area contributed by atoms with Crippen molar-refractivity contribution in [2.45, 2.75) is 5.85 Å². The maximum Gasteiger partial charge on any atom is 0.268 e. The van der Waals surface area contributed by atoms with E-state index in [0.29, 0.717) is 11.7 Å². The summed E-state index contributed by atoms with van der Waals surface area (Å²) in [6, 6.07) is 9.57. The van der Waals surface area contributed by atoms with Crippen LogP contribution in [0.25, 0.3) is 0 Å². The maximum atomic E-state index is 5.76. The van der Waals surface area contributed by atoms with E-state index in [1.807, 2.05) is 30.3 Å². The predicted molar refractivity (Wildman–Crippen MR) is 65.0 cm³/mol. The van der Waals surface area contributed by atoms with Gasteiger partial charge in [-0.3, -0.25) is 0 Å². The number of rotatable bonds is 3. The fourth-order valence-electron chi connectivity index (χ4n) is 1.70. The summed E-state index contributed by atoms with van der Waals surface area (Å²) in [4.78, 5) is 4.31. The van der Waals surface area contributed by atoms with Gasteiger partial charge in [-0.25, -0.2) is 4.99 Å². The highest BCUT2D eigenvalue weighted by molar-refractivity contribution is 5.92. The SMILES string of the molecule is COC1=CC(N)=NC(OC)(c2ccccc2)N1. The molecule has 1 unspecified atom stereocenters. The Morgan fingerprint density at radius 2 is 1.94 bits per heavy atom. The van der Waals surface area contributed by atoms with Gasteiger partial charge in [0.25, 0.3) is 5.85 Å². The number of ether oxygens (including phenoxy) is 2. The molecule has 0 bridgehead atoms. The number of amidine groups is 1. The molecule has 0 aromatic heterocycles. The van der Waals surface area contributed by atoms with Gasteiger partial charge in [-0.15, -0.1) is 0 Å². The molecule has 0 aliphatic carbocycles. The van der Waals surface area contributed by atoms with Gasteiger partial charge in [0.2, 0.25) is 0 Å². The summed E-state index contributed by atoms with van der Waals surface area (Å²) in [5, 5.41) is 3.06. The van der Waals surface area contributed by atoms with Crippen LogP contribution in [0.1, 0.15) is 5.56 Å². The van der Waals surface area contributed by atoms with E-state index < -0.39 is 5.85 Å². The summed E-state index contributed by atoms with van der Waals surface area (Å²) in [5.41, 5.74) is 6.62. The first-order valence-electron chi connectivity index (χ1n) is 5.20. The third-order valence-corrected chi connectivity index (χ3v) is 2.54. The average molecular weight is 233 g/mol. The van der Waals surface area contributed by atoms with Crippen LogP contribution in [0.2, 0.25) is 0 Å². The second-order valence-corrected chi connectivity index (χ2v) is 3.59. The van der Waals surface area contributed by atoms with Crippen LogP contribution < -0.4 is 11.1 Å². The predicted octanol–water partition coefficient (Wildman–Crippen LogP) is 0.891. The largest absolute Gasteiger partial charge is 0.482 e. The Balaban J connectivity index is 2.44. The summed E-state index contributed by atoms with van der Waals surface area (Å²) in [5.74, 6) is -0.152. The van der Waals surface area contributed by atoms with Crippen molar-refractivity contribution in [3.8, 4) is 0 Å². The second-order valence-electron chi connectivity index (χ2n) is 3.59. The third-order valence-electron chi connectivity index (χ3n) is 2.54. The monoisotopic (exact) mass is 233 g/mol. The minimum absolute atomic E-state index is 0.353. The number of nitrogens with zero attached hydrogens (tertiary/aromatic N) is 1. The van der Waals surface area contributed by atoms with Crippen molar-refractivity contribution in [1.82, 2.24) is 5.32 Å². The zero-order chi connectivity index (χ0) is 12.3. The lowest BCUT2D eigenvalue weighted by Crippen LogP contribution is -2.46. The molecule has 0 saturated heterocycles. The first-order valence-corrected chi connectivity index (χ1v) is 5.20. The highest BCUT2D eigenvalue weighted by Gasteiger charge is 2.35. The molecule has 90 valence electrons. The van der Waals surface area contributed by atoms with E-state index >= 15 is 0 Å². The highest BCUT2D eigenvalue weighted by atomic mass is 16.5. The number of benzene rings is 1. The molecular weight excluding hydrogens is 218 g/mol. The number of nitrogens with two attached hydrogens (primary N) is 1. The topological polar surface area (TPSA) is 68.9 Å². The molecule has 1 atom stereocenters. The van der Waals surface area contributed by atoms with E-state index in [-0.39, 0.29) is 0 Å². The van der Waals surface area contributed by atoms with Gasteiger partial charge in [0.1, 0.15) is 5.84 Å². The van der Waals surface area contributed by atoms with Crippen LogP contribution in [0.5, 0.6) is 0 Å². The van der Waals surface area contributed by atoms with Crippen molar-refractivity contribution in [1.29, 1.82) is 0 Å². The van der Waals surface area contributed by atoms with Crippen LogP contribution in [-0.2, 0) is 15.3 Å². The molecule has 3 N–H and O–H groups in total. The molecule has 1 aliphatic heterocycles. The van der Waals surface area contributed by atoms with Crippen molar-refractivity contribution in [3.05, 3.63) is 47.9 Å². The molecule has 1 aromatic carbocycles. The molecule has 1 aromatic rings. The van der Waals surface area contributed by atoms with E-state index in [0.717, 1.165) is 5.56 Å². The molecule has 2 rings (SSSR count). The number of hydrogen-bond donors (Lipinski definition) is 2. The van der Waals surface area contributed by atoms with Crippen molar-refractivity contribution >= 4 is 5.84 Å². The standard InChI is InChI=1S/C12H15N3O2/c1-16-11-8-10(13)14-12(15-11,17-2)9-6-4-3-5-7-9/h3-8,15H,1-2H3,(H2,13,14). The summed E-state index contributed by atoms with van der Waals surface area (Å²) >= 11 is 0. The molecule has 1 aliphatic rings. The Labute approximate surface area is 99.9 Å². The number of hydrogen-bond acceptors (Lipinski definition) is 5. The van der Waals surface area contributed by atoms with E-state index in [4.69, 9.17) is 15.2 Å². The number of aliphatic imine (C=N–C) groups is 1. The molecule has 0 spiro atoms. The fourth-order valence-corrected chi connectivity index (χ4v) is 1.70. The molecule has 0 saturated carbocycles. The molecule has 17 heavy (non-hydrogen) atoms. The lowest BCUT2D eigenvalue weighted by atomic mass is 10.1. The lowest BCUT2D eigenvalue weighted by Gasteiger charge is -2.33. The molecule has 0 fully saturated rings. The van der Waals surface area contributed by atoms with Crippen LogP contribution in [0, 0.1) is 0 Å². The molecule has 5 heteroatoms. The minimum atomic E-state index is -1.02. The Bertz CT molecular complexity index is 456. The van der Waals surface area contributed by atoms with Crippen molar-refractivity contribution in [2.75, 3.05) is 14.2 Å². The van der Waals surface area contributed by atoms with Gasteiger partial charge < -0.3 is 20.5 Å². The zero-order valence-electron chi connectivity index (χ0n) is 9.81. The van der Waals surface area contributed by atoms with Gasteiger partial charge in [-0.2, -0.15) is 0 Å². The summed E-state index contributed by atoms with van der Waals surface area (Å²) in [6.45, 7) is 0. The van der Waals surface area contributed by atoms with Crippen LogP contribution in [-0.4, -0.2) is 20.1 Å². The summed E-state index contributed by atoms with van der Waals surface area (Å²) < 4.78 is 10.6. The quantitative estimate of drug-likeness (QED) is 0.813. The molecular formula is C12H15N3O2. The Morgan fingerprint density at radius 3 is 2.53 bits per heavy atom. The molecule has 0 amide bonds. The summed E-state index contributed by atoms with van der Waals surface area (Å²) in [6.07, 6.45) is 1.61. The van der Waals surface area contributed by atoms with Crippen molar-refractivity contribution < 1.29 is 9.47 Å². The molecule has 0 radical (unpaired) electrons. The van der Waals surface area contributed by atoms with Gasteiger partial charge in [0.15, 0.2) is 5.88 Å². The van der Waals surface area contributed by atoms with Crippen LogP contribution in [0.3, 0.4) is 0 Å². The maximum absolute atomic E-state index is 5.76. The van der Waals surface area contributed by atoms with Gasteiger partial charge >= 0.3 is 0 Å². The second kappa shape index (κ2) is 4.47. The smallest absolute Gasteiger partial charge is 0.268 e. The normalized spacial score (nSPS) is 23.4.